The van der Waals surface area contributed by atoms with E-state index in [0.29, 0.717) is 66.1 Å². The monoisotopic (exact) mass is 781 g/mol. The number of rotatable bonds is 12. The molecule has 13 heteroatoms. The van der Waals surface area contributed by atoms with Gasteiger partial charge in [0.1, 0.15) is 35.8 Å². The Balaban J connectivity index is 1.41. The minimum atomic E-state index is -1.45. The second kappa shape index (κ2) is 14.0. The van der Waals surface area contributed by atoms with E-state index in [-0.39, 0.29) is 25.2 Å². The molecule has 2 saturated heterocycles. The van der Waals surface area contributed by atoms with Crippen molar-refractivity contribution in [3.63, 3.8) is 0 Å². The number of carbonyl (C=O) groups excluding carboxylic acids is 2. The van der Waals surface area contributed by atoms with Crippen LogP contribution >= 0.6 is 0 Å². The van der Waals surface area contributed by atoms with E-state index in [0.717, 1.165) is 40.7 Å². The SMILES string of the molecule is COC(=O)/C(C)=C1\CC23OC1(C)C(CC2=O)C31Oc2c(CC=C(C)C)c3c(c(OCCNCCO)c2C2=C1C(C)n1cnc(n1)N2)C=CC(C)(CCC=C(C)C)O3. The lowest BCUT2D eigenvalue weighted by atomic mass is 9.60. The molecule has 5 aliphatic heterocycles. The number of methoxy groups -OCH3 is 1. The number of Topliss-reactive ketones (excluding diaryl/α,β-unsaturated/α-hetero) is 1. The number of hydrogen-bond donors (Lipinski definition) is 3. The van der Waals surface area contributed by atoms with Crippen molar-refractivity contribution in [2.45, 2.75) is 116 Å². The highest BCUT2D eigenvalue weighted by Crippen LogP contribution is 2.74. The fourth-order valence-electron chi connectivity index (χ4n) is 10.1. The summed E-state index contributed by atoms with van der Waals surface area (Å²) in [5.41, 5.74) is 3.07. The van der Waals surface area contributed by atoms with E-state index in [1.165, 1.54) is 12.7 Å². The van der Waals surface area contributed by atoms with Gasteiger partial charge in [0.05, 0.1) is 42.2 Å². The first kappa shape index (κ1) is 39.1. The zero-order chi connectivity index (χ0) is 40.7. The molecular formula is C44H55N5O8. The summed E-state index contributed by atoms with van der Waals surface area (Å²) in [6.45, 7) is 17.4. The lowest BCUT2D eigenvalue weighted by molar-refractivity contribution is -0.152. The van der Waals surface area contributed by atoms with Crippen LogP contribution in [0.25, 0.3) is 11.8 Å². The lowest BCUT2D eigenvalue weighted by Gasteiger charge is -2.50. The van der Waals surface area contributed by atoms with Crippen LogP contribution in [0.1, 0.15) is 104 Å². The summed E-state index contributed by atoms with van der Waals surface area (Å²) in [7, 11) is 1.37. The molecule has 57 heavy (non-hydrogen) atoms. The van der Waals surface area contributed by atoms with Gasteiger partial charge in [0, 0.05) is 48.6 Å². The molecule has 0 radical (unpaired) electrons. The minimum absolute atomic E-state index is 0.0115. The van der Waals surface area contributed by atoms with Gasteiger partial charge in [-0.05, 0) is 92.4 Å². The van der Waals surface area contributed by atoms with Gasteiger partial charge >= 0.3 is 5.97 Å². The largest absolute Gasteiger partial charge is 0.491 e. The van der Waals surface area contributed by atoms with Crippen molar-refractivity contribution in [3.8, 4) is 17.2 Å². The Hall–Kier alpha value is -4.72. The number of aromatic nitrogens is 3. The maximum Gasteiger partial charge on any atom is 0.333 e. The third-order valence-electron chi connectivity index (χ3n) is 12.8. The number of nitrogens with one attached hydrogen (secondary N) is 2. The smallest absolute Gasteiger partial charge is 0.333 e. The topological polar surface area (TPSA) is 155 Å². The molecule has 2 aromatic rings. The van der Waals surface area contributed by atoms with Crippen LogP contribution in [0.5, 0.6) is 17.2 Å². The maximum absolute atomic E-state index is 14.7. The van der Waals surface area contributed by atoms with Crippen LogP contribution in [0, 0.1) is 5.92 Å². The molecule has 13 nitrogen and oxygen atoms in total. The van der Waals surface area contributed by atoms with E-state index < -0.39 is 40.3 Å². The van der Waals surface area contributed by atoms with Crippen LogP contribution in [0.4, 0.5) is 5.95 Å². The summed E-state index contributed by atoms with van der Waals surface area (Å²) in [6, 6.07) is -0.420. The first-order chi connectivity index (χ1) is 27.1. The van der Waals surface area contributed by atoms with Crippen LogP contribution in [0.3, 0.4) is 0 Å². The zero-order valence-electron chi connectivity index (χ0n) is 34.6. The standard InChI is InChI=1S/C44H55N5O8/c1-24(2)11-10-15-41(7)16-14-29-36(55-41)28(13-12-25(3)4)38-33(37(29)54-20-18-45-17-19-50)35-34(27(6)49-23-46-40(47-35)48-49)44(56-38)31-21-32(51)43(44)22-30(42(31,8)57-43)26(5)39(52)53-9/h11-12,14,16,23,27,31,45,50H,10,13,15,17-22H2,1-9H3,(H,47,48)/b30-26+. The Morgan fingerprint density at radius 2 is 1.89 bits per heavy atom. The van der Waals surface area contributed by atoms with Crippen molar-refractivity contribution >= 4 is 29.5 Å². The molecule has 1 saturated carbocycles. The lowest BCUT2D eigenvalue weighted by Crippen LogP contribution is -2.62. The number of anilines is 1. The number of esters is 1. The number of benzene rings is 1. The van der Waals surface area contributed by atoms with Crippen molar-refractivity contribution in [2.75, 3.05) is 38.7 Å². The minimum Gasteiger partial charge on any atom is -0.491 e. The Kier molecular flexibility index (Phi) is 9.60. The second-order valence-corrected chi connectivity index (χ2v) is 17.1. The second-order valence-electron chi connectivity index (χ2n) is 17.1. The number of ketones is 1. The Bertz CT molecular complexity index is 2210. The fraction of sp³-hybridized carbons (Fsp3) is 0.545. The molecule has 2 spiro atoms. The molecular weight excluding hydrogens is 727 g/mol. The molecule has 3 N–H and O–H groups in total. The summed E-state index contributed by atoms with van der Waals surface area (Å²) >= 11 is 0. The van der Waals surface area contributed by atoms with Crippen molar-refractivity contribution in [2.24, 2.45) is 5.92 Å². The van der Waals surface area contributed by atoms with Crippen molar-refractivity contribution in [1.82, 2.24) is 20.1 Å². The van der Waals surface area contributed by atoms with Gasteiger partial charge < -0.3 is 39.4 Å². The molecule has 6 heterocycles. The van der Waals surface area contributed by atoms with Gasteiger partial charge in [0.2, 0.25) is 5.95 Å². The number of hydrogen-bond acceptors (Lipinski definition) is 12. The number of ether oxygens (including phenoxy) is 5. The summed E-state index contributed by atoms with van der Waals surface area (Å²) in [5.74, 6) is 1.18. The normalized spacial score (nSPS) is 30.5. The van der Waals surface area contributed by atoms with E-state index in [1.807, 2.05) is 13.8 Å². The molecule has 8 rings (SSSR count). The number of fused-ring (bicyclic) bond motifs is 7. The van der Waals surface area contributed by atoms with Crippen molar-refractivity contribution < 1.29 is 38.4 Å². The van der Waals surface area contributed by atoms with E-state index in [9.17, 15) is 14.7 Å². The van der Waals surface area contributed by atoms with Crippen LogP contribution in [0.15, 0.2) is 52.4 Å². The quantitative estimate of drug-likeness (QED) is 0.0973. The number of allylic oxidation sites excluding steroid dienone is 4. The molecule has 6 unspecified atom stereocenters. The molecule has 6 atom stereocenters. The Labute approximate surface area is 334 Å². The molecule has 1 aliphatic carbocycles. The summed E-state index contributed by atoms with van der Waals surface area (Å²) in [4.78, 5) is 32.3. The summed E-state index contributed by atoms with van der Waals surface area (Å²) in [5, 5.41) is 21.1. The van der Waals surface area contributed by atoms with Crippen LogP contribution in [0.2, 0.25) is 0 Å². The Morgan fingerprint density at radius 3 is 2.60 bits per heavy atom. The third kappa shape index (κ3) is 5.74. The highest BCUT2D eigenvalue weighted by atomic mass is 16.6. The summed E-state index contributed by atoms with van der Waals surface area (Å²) < 4.78 is 35.8. The summed E-state index contributed by atoms with van der Waals surface area (Å²) in [6.07, 6.45) is 12.8. The van der Waals surface area contributed by atoms with Crippen molar-refractivity contribution in [3.05, 3.63) is 69.1 Å². The van der Waals surface area contributed by atoms with Crippen LogP contribution < -0.4 is 24.8 Å². The number of aliphatic hydroxyl groups excluding tert-OH is 1. The van der Waals surface area contributed by atoms with E-state index >= 15 is 0 Å². The molecule has 3 fully saturated rings. The van der Waals surface area contributed by atoms with Gasteiger partial charge in [0.15, 0.2) is 17.0 Å². The van der Waals surface area contributed by atoms with Crippen LogP contribution in [-0.4, -0.2) is 87.4 Å². The number of carbonyl (C=O) groups is 2. The number of aliphatic hydroxyl groups is 1. The first-order valence-corrected chi connectivity index (χ1v) is 20.1. The van der Waals surface area contributed by atoms with Crippen LogP contribution in [-0.2, 0) is 25.5 Å². The zero-order valence-corrected chi connectivity index (χ0v) is 34.6. The molecule has 1 aromatic carbocycles. The predicted molar refractivity (Wildman–Crippen MR) is 215 cm³/mol. The molecule has 5 bridgehead atoms. The van der Waals surface area contributed by atoms with E-state index in [1.54, 1.807) is 17.9 Å². The predicted octanol–water partition coefficient (Wildman–Crippen LogP) is 6.20. The van der Waals surface area contributed by atoms with Crippen molar-refractivity contribution in [1.29, 1.82) is 0 Å². The third-order valence-corrected chi connectivity index (χ3v) is 12.8. The molecule has 6 aliphatic rings. The Morgan fingerprint density at radius 1 is 1.12 bits per heavy atom. The van der Waals surface area contributed by atoms with E-state index in [4.69, 9.17) is 28.8 Å². The molecule has 1 aromatic heterocycles. The maximum atomic E-state index is 14.7. The highest BCUT2D eigenvalue weighted by molar-refractivity contribution is 6.02. The van der Waals surface area contributed by atoms with E-state index in [2.05, 4.69) is 74.5 Å². The van der Waals surface area contributed by atoms with Gasteiger partial charge in [-0.1, -0.05) is 23.3 Å². The average molecular weight is 782 g/mol. The fourth-order valence-corrected chi connectivity index (χ4v) is 10.1. The molecule has 0 amide bonds. The van der Waals surface area contributed by atoms with Gasteiger partial charge in [-0.3, -0.25) is 4.79 Å². The molecule has 304 valence electrons. The van der Waals surface area contributed by atoms with Gasteiger partial charge in [-0.25, -0.2) is 14.5 Å². The highest BCUT2D eigenvalue weighted by Gasteiger charge is 2.86. The first-order valence-electron chi connectivity index (χ1n) is 20.1. The average Bonchev–Trinajstić information content (AvgIpc) is 3.82. The van der Waals surface area contributed by atoms with Gasteiger partial charge in [-0.15, -0.1) is 5.10 Å². The van der Waals surface area contributed by atoms with Gasteiger partial charge in [-0.2, -0.15) is 0 Å². The number of nitrogens with zero attached hydrogens (tertiary/aromatic N) is 3. The van der Waals surface area contributed by atoms with Gasteiger partial charge in [0.25, 0.3) is 0 Å².